The number of carbonyl (C=O) groups is 4. The molecule has 1 aromatic rings. The van der Waals surface area contributed by atoms with Crippen molar-refractivity contribution in [2.75, 3.05) is 26.4 Å². The van der Waals surface area contributed by atoms with Gasteiger partial charge in [-0.2, -0.15) is 13.2 Å². The SMILES string of the molecule is O=C(COCCN1C(=O)c2ccccc2C1=O)CC(=O)OCC(F)(F)F. The summed E-state index contributed by atoms with van der Waals surface area (Å²) in [6.07, 6.45) is -5.52. The lowest BCUT2D eigenvalue weighted by Gasteiger charge is -2.13. The summed E-state index contributed by atoms with van der Waals surface area (Å²) in [6.45, 7) is -2.57. The van der Waals surface area contributed by atoms with Gasteiger partial charge in [-0.1, -0.05) is 12.1 Å². The normalized spacial score (nSPS) is 13.7. The van der Waals surface area contributed by atoms with Gasteiger partial charge in [0, 0.05) is 0 Å². The third kappa shape index (κ3) is 5.12. The Bertz CT molecular complexity index is 696. The van der Waals surface area contributed by atoms with E-state index in [4.69, 9.17) is 4.74 Å². The molecule has 0 unspecified atom stereocenters. The van der Waals surface area contributed by atoms with Crippen LogP contribution in [0.1, 0.15) is 27.1 Å². The van der Waals surface area contributed by atoms with Crippen LogP contribution in [0.25, 0.3) is 0 Å². The zero-order valence-electron chi connectivity index (χ0n) is 13.4. The van der Waals surface area contributed by atoms with Crippen molar-refractivity contribution in [3.05, 3.63) is 35.4 Å². The molecule has 0 saturated heterocycles. The van der Waals surface area contributed by atoms with Crippen molar-refractivity contribution in [2.24, 2.45) is 0 Å². The maximum atomic E-state index is 12.1. The number of alkyl halides is 3. The largest absolute Gasteiger partial charge is 0.456 e. The smallest absolute Gasteiger partial charge is 0.422 e. The van der Waals surface area contributed by atoms with Crippen molar-refractivity contribution in [1.82, 2.24) is 4.90 Å². The predicted octanol–water partition coefficient (Wildman–Crippen LogP) is 1.36. The van der Waals surface area contributed by atoms with Crippen molar-refractivity contribution >= 4 is 23.6 Å². The van der Waals surface area contributed by atoms with Crippen molar-refractivity contribution in [3.8, 4) is 0 Å². The molecule has 2 rings (SSSR count). The number of benzene rings is 1. The number of hydrogen-bond donors (Lipinski definition) is 0. The summed E-state index contributed by atoms with van der Waals surface area (Å²) >= 11 is 0. The molecular weight excluding hydrogens is 359 g/mol. The topological polar surface area (TPSA) is 90.0 Å². The number of ether oxygens (including phenoxy) is 2. The van der Waals surface area contributed by atoms with E-state index in [-0.39, 0.29) is 24.3 Å². The van der Waals surface area contributed by atoms with E-state index in [0.29, 0.717) is 0 Å². The van der Waals surface area contributed by atoms with Crippen molar-refractivity contribution in [2.45, 2.75) is 12.6 Å². The van der Waals surface area contributed by atoms with E-state index in [1.165, 1.54) is 12.1 Å². The average Bonchev–Trinajstić information content (AvgIpc) is 2.81. The predicted molar refractivity (Wildman–Crippen MR) is 79.3 cm³/mol. The number of rotatable bonds is 8. The molecule has 1 heterocycles. The van der Waals surface area contributed by atoms with Crippen LogP contribution >= 0.6 is 0 Å². The Morgan fingerprint density at radius 1 is 1.04 bits per heavy atom. The van der Waals surface area contributed by atoms with Gasteiger partial charge in [-0.3, -0.25) is 24.1 Å². The highest BCUT2D eigenvalue weighted by Crippen LogP contribution is 2.21. The minimum atomic E-state index is -4.67. The molecule has 7 nitrogen and oxygen atoms in total. The molecule has 0 bridgehead atoms. The minimum absolute atomic E-state index is 0.0991. The van der Waals surface area contributed by atoms with E-state index >= 15 is 0 Å². The van der Waals surface area contributed by atoms with Gasteiger partial charge >= 0.3 is 12.1 Å². The fraction of sp³-hybridized carbons (Fsp3) is 0.375. The molecule has 0 fully saturated rings. The second-order valence-electron chi connectivity index (χ2n) is 5.35. The Balaban J connectivity index is 1.69. The molecule has 0 spiro atoms. The first-order valence-corrected chi connectivity index (χ1v) is 7.46. The maximum absolute atomic E-state index is 12.1. The summed E-state index contributed by atoms with van der Waals surface area (Å²) in [5, 5.41) is 0. The van der Waals surface area contributed by atoms with E-state index in [2.05, 4.69) is 4.74 Å². The molecular formula is C16H14F3NO6. The van der Waals surface area contributed by atoms with Crippen molar-refractivity contribution < 1.29 is 41.8 Å². The molecule has 0 radical (unpaired) electrons. The average molecular weight is 373 g/mol. The van der Waals surface area contributed by atoms with Gasteiger partial charge in [0.05, 0.1) is 24.3 Å². The Morgan fingerprint density at radius 2 is 1.62 bits per heavy atom. The van der Waals surface area contributed by atoms with E-state index in [1.54, 1.807) is 12.1 Å². The molecule has 1 aliphatic rings. The van der Waals surface area contributed by atoms with Crippen LogP contribution in [0.5, 0.6) is 0 Å². The number of halogens is 3. The number of amides is 2. The van der Waals surface area contributed by atoms with Gasteiger partial charge in [-0.15, -0.1) is 0 Å². The monoisotopic (exact) mass is 373 g/mol. The first kappa shape index (κ1) is 19.6. The molecule has 1 aliphatic heterocycles. The molecule has 0 aromatic heterocycles. The van der Waals surface area contributed by atoms with Gasteiger partial charge in [0.25, 0.3) is 11.8 Å². The number of hydrogen-bond acceptors (Lipinski definition) is 6. The van der Waals surface area contributed by atoms with Crippen LogP contribution in [0.4, 0.5) is 13.2 Å². The summed E-state index contributed by atoms with van der Waals surface area (Å²) in [5.41, 5.74) is 0.557. The maximum Gasteiger partial charge on any atom is 0.422 e. The highest BCUT2D eigenvalue weighted by Gasteiger charge is 2.34. The van der Waals surface area contributed by atoms with E-state index in [9.17, 15) is 32.3 Å². The Morgan fingerprint density at radius 3 is 2.15 bits per heavy atom. The van der Waals surface area contributed by atoms with Crippen LogP contribution in [0, 0.1) is 0 Å². The first-order chi connectivity index (χ1) is 12.2. The third-order valence-corrected chi connectivity index (χ3v) is 3.34. The molecule has 0 atom stereocenters. The zero-order valence-corrected chi connectivity index (χ0v) is 13.4. The molecule has 26 heavy (non-hydrogen) atoms. The fourth-order valence-electron chi connectivity index (χ4n) is 2.21. The molecule has 2 amide bonds. The molecule has 1 aromatic carbocycles. The molecule has 0 saturated carbocycles. The highest BCUT2D eigenvalue weighted by molar-refractivity contribution is 6.21. The van der Waals surface area contributed by atoms with Crippen LogP contribution in [0.3, 0.4) is 0 Å². The number of imide groups is 1. The number of Topliss-reactive ketones (excluding diaryl/α,β-unsaturated/α-hetero) is 1. The standard InChI is InChI=1S/C16H14F3NO6/c17-16(18,19)9-26-13(22)7-10(21)8-25-6-5-20-14(23)11-3-1-2-4-12(11)15(20)24/h1-4H,5-9H2. The van der Waals surface area contributed by atoms with E-state index in [0.717, 1.165) is 4.90 Å². The van der Waals surface area contributed by atoms with Crippen LogP contribution in [-0.4, -0.2) is 61.0 Å². The number of fused-ring (bicyclic) bond motifs is 1. The molecule has 140 valence electrons. The number of esters is 1. The molecule has 0 aliphatic carbocycles. The summed E-state index contributed by atoms with van der Waals surface area (Å²) in [5.74, 6) is -3.04. The quantitative estimate of drug-likeness (QED) is 0.296. The van der Waals surface area contributed by atoms with Gasteiger partial charge in [-0.25, -0.2) is 0 Å². The molecule has 0 N–H and O–H groups in total. The van der Waals surface area contributed by atoms with Gasteiger partial charge < -0.3 is 9.47 Å². The van der Waals surface area contributed by atoms with Gasteiger partial charge in [-0.05, 0) is 12.1 Å². The lowest BCUT2D eigenvalue weighted by atomic mass is 10.1. The van der Waals surface area contributed by atoms with Crippen molar-refractivity contribution in [1.29, 1.82) is 0 Å². The Kier molecular flexibility index (Phi) is 6.09. The number of nitrogens with zero attached hydrogens (tertiary/aromatic N) is 1. The Labute approximate surface area is 145 Å². The fourth-order valence-corrected chi connectivity index (χ4v) is 2.21. The van der Waals surface area contributed by atoms with E-state index < -0.39 is 49.4 Å². The van der Waals surface area contributed by atoms with E-state index in [1.807, 2.05) is 0 Å². The summed E-state index contributed by atoms with van der Waals surface area (Å²) < 4.78 is 44.5. The van der Waals surface area contributed by atoms with Gasteiger partial charge in [0.2, 0.25) is 0 Å². The second-order valence-corrected chi connectivity index (χ2v) is 5.35. The summed E-state index contributed by atoms with van der Waals surface area (Å²) in [6, 6.07) is 6.29. The lowest BCUT2D eigenvalue weighted by Crippen LogP contribution is -2.33. The summed E-state index contributed by atoms with van der Waals surface area (Å²) in [7, 11) is 0. The van der Waals surface area contributed by atoms with Crippen molar-refractivity contribution in [3.63, 3.8) is 0 Å². The first-order valence-electron chi connectivity index (χ1n) is 7.46. The third-order valence-electron chi connectivity index (χ3n) is 3.34. The van der Waals surface area contributed by atoms with Crippen LogP contribution in [0.15, 0.2) is 24.3 Å². The second kappa shape index (κ2) is 8.09. The minimum Gasteiger partial charge on any atom is -0.456 e. The zero-order chi connectivity index (χ0) is 19.3. The number of carbonyl (C=O) groups excluding carboxylic acids is 4. The summed E-state index contributed by atoms with van der Waals surface area (Å²) in [4.78, 5) is 47.6. The van der Waals surface area contributed by atoms with Gasteiger partial charge in [0.15, 0.2) is 12.4 Å². The highest BCUT2D eigenvalue weighted by atomic mass is 19.4. The lowest BCUT2D eigenvalue weighted by molar-refractivity contribution is -0.186. The Hall–Kier alpha value is -2.75. The van der Waals surface area contributed by atoms with Crippen LogP contribution in [-0.2, 0) is 19.1 Å². The molecule has 10 heteroatoms. The van der Waals surface area contributed by atoms with Crippen LogP contribution < -0.4 is 0 Å². The van der Waals surface area contributed by atoms with Crippen LogP contribution in [0.2, 0.25) is 0 Å². The van der Waals surface area contributed by atoms with Gasteiger partial charge in [0.1, 0.15) is 13.0 Å². The number of ketones is 1.